The Hall–Kier alpha value is -2.47. The molecule has 1 amide bonds. The topological polar surface area (TPSA) is 83.0 Å². The highest BCUT2D eigenvalue weighted by molar-refractivity contribution is 6.32. The highest BCUT2D eigenvalue weighted by atomic mass is 35.5. The molecular formula is C20H19ClF3N3O5. The molecule has 8 nitrogen and oxygen atoms in total. The van der Waals surface area contributed by atoms with E-state index in [1.807, 2.05) is 18.2 Å². The number of hydrogen-bond donors (Lipinski definition) is 0. The van der Waals surface area contributed by atoms with E-state index >= 15 is 0 Å². The number of rotatable bonds is 6. The SMILES string of the molecule is O=C(c1cnc(OCCOC(F)(F)F)c(Cl)c1)N1CC[C@]2(c3ccccn3)OCOC2C1. The molecule has 4 rings (SSSR count). The minimum Gasteiger partial charge on any atom is -0.474 e. The second-order valence-corrected chi connectivity index (χ2v) is 7.58. The molecular weight excluding hydrogens is 455 g/mol. The van der Waals surface area contributed by atoms with Gasteiger partial charge in [-0.15, -0.1) is 13.2 Å². The lowest BCUT2D eigenvalue weighted by Crippen LogP contribution is -2.53. The van der Waals surface area contributed by atoms with Crippen LogP contribution in [-0.4, -0.2) is 66.3 Å². The number of aromatic nitrogens is 2. The lowest BCUT2D eigenvalue weighted by molar-refractivity contribution is -0.325. The number of halogens is 4. The van der Waals surface area contributed by atoms with Crippen molar-refractivity contribution in [3.63, 3.8) is 0 Å². The van der Waals surface area contributed by atoms with Crippen LogP contribution in [0.25, 0.3) is 0 Å². The molecule has 2 aromatic rings. The summed E-state index contributed by atoms with van der Waals surface area (Å²) in [5.74, 6) is -0.397. The number of likely N-dealkylation sites (tertiary alicyclic amines) is 1. The van der Waals surface area contributed by atoms with Crippen LogP contribution < -0.4 is 4.74 Å². The number of fused-ring (bicyclic) bond motifs is 1. The van der Waals surface area contributed by atoms with Gasteiger partial charge in [-0.2, -0.15) is 0 Å². The highest BCUT2D eigenvalue weighted by Crippen LogP contribution is 2.41. The van der Waals surface area contributed by atoms with Gasteiger partial charge in [0.1, 0.15) is 30.1 Å². The Balaban J connectivity index is 1.39. The average Bonchev–Trinajstić information content (AvgIpc) is 3.21. The smallest absolute Gasteiger partial charge is 0.474 e. The fraction of sp³-hybridized carbons (Fsp3) is 0.450. The molecule has 0 aromatic carbocycles. The van der Waals surface area contributed by atoms with E-state index in [1.54, 1.807) is 11.1 Å². The van der Waals surface area contributed by atoms with Crippen molar-refractivity contribution in [2.45, 2.75) is 24.5 Å². The summed E-state index contributed by atoms with van der Waals surface area (Å²) >= 11 is 6.10. The summed E-state index contributed by atoms with van der Waals surface area (Å²) in [6, 6.07) is 6.93. The lowest BCUT2D eigenvalue weighted by Gasteiger charge is -2.41. The molecule has 172 valence electrons. The molecule has 0 saturated carbocycles. The van der Waals surface area contributed by atoms with E-state index in [-0.39, 0.29) is 35.3 Å². The standard InChI is InChI=1S/C20H19ClF3N3O5/c21-14-9-13(10-26-17(14)29-7-8-31-20(22,23)24)18(28)27-6-4-19(15-3-1-2-5-25-15)16(11-27)30-12-32-19/h1-3,5,9-10,16H,4,6-8,11-12H2/t16?,19-/m1/s1. The Morgan fingerprint density at radius 1 is 1.31 bits per heavy atom. The number of nitrogens with zero attached hydrogens (tertiary/aromatic N) is 3. The molecule has 32 heavy (non-hydrogen) atoms. The molecule has 2 saturated heterocycles. The van der Waals surface area contributed by atoms with Gasteiger partial charge in [0, 0.05) is 25.4 Å². The van der Waals surface area contributed by atoms with Crippen LogP contribution in [0, 0.1) is 0 Å². The molecule has 2 aliphatic heterocycles. The fourth-order valence-electron chi connectivity index (χ4n) is 3.77. The zero-order valence-electron chi connectivity index (χ0n) is 16.7. The van der Waals surface area contributed by atoms with Crippen LogP contribution in [0.5, 0.6) is 5.88 Å². The van der Waals surface area contributed by atoms with E-state index in [1.165, 1.54) is 12.3 Å². The first-order valence-electron chi connectivity index (χ1n) is 9.74. The van der Waals surface area contributed by atoms with Gasteiger partial charge in [-0.1, -0.05) is 17.7 Å². The summed E-state index contributed by atoms with van der Waals surface area (Å²) < 4.78 is 56.4. The van der Waals surface area contributed by atoms with Crippen LogP contribution in [0.4, 0.5) is 13.2 Å². The molecule has 0 bridgehead atoms. The molecule has 2 aliphatic rings. The Labute approximate surface area is 186 Å². The maximum absolute atomic E-state index is 13.0. The maximum atomic E-state index is 13.0. The monoisotopic (exact) mass is 473 g/mol. The molecule has 0 spiro atoms. The molecule has 4 heterocycles. The molecule has 0 N–H and O–H groups in total. The lowest BCUT2D eigenvalue weighted by atomic mass is 9.85. The van der Waals surface area contributed by atoms with Crippen molar-refractivity contribution >= 4 is 17.5 Å². The number of pyridine rings is 2. The summed E-state index contributed by atoms with van der Waals surface area (Å²) in [6.45, 7) is -0.307. The van der Waals surface area contributed by atoms with Crippen molar-refractivity contribution in [1.29, 1.82) is 0 Å². The number of alkyl halides is 3. The Morgan fingerprint density at radius 2 is 2.16 bits per heavy atom. The van der Waals surface area contributed by atoms with Crippen molar-refractivity contribution in [2.24, 2.45) is 0 Å². The second-order valence-electron chi connectivity index (χ2n) is 7.18. The molecule has 2 aromatic heterocycles. The van der Waals surface area contributed by atoms with Crippen LogP contribution in [0.2, 0.25) is 5.02 Å². The van der Waals surface area contributed by atoms with Gasteiger partial charge >= 0.3 is 6.36 Å². The number of carbonyl (C=O) groups excluding carboxylic acids is 1. The number of hydrogen-bond acceptors (Lipinski definition) is 7. The van der Waals surface area contributed by atoms with Gasteiger partial charge in [-0.25, -0.2) is 4.98 Å². The first kappa shape index (κ1) is 22.7. The van der Waals surface area contributed by atoms with E-state index in [2.05, 4.69) is 14.7 Å². The summed E-state index contributed by atoms with van der Waals surface area (Å²) in [6.07, 6.45) is -1.67. The van der Waals surface area contributed by atoms with Crippen LogP contribution in [0.15, 0.2) is 36.7 Å². The number of amides is 1. The summed E-state index contributed by atoms with van der Waals surface area (Å²) in [7, 11) is 0. The molecule has 1 unspecified atom stereocenters. The van der Waals surface area contributed by atoms with Crippen molar-refractivity contribution in [3.05, 3.63) is 52.9 Å². The van der Waals surface area contributed by atoms with Gasteiger partial charge in [0.05, 0.1) is 24.4 Å². The Bertz CT molecular complexity index is 965. The average molecular weight is 474 g/mol. The summed E-state index contributed by atoms with van der Waals surface area (Å²) in [5, 5.41) is 0.00292. The summed E-state index contributed by atoms with van der Waals surface area (Å²) in [5.41, 5.74) is 0.276. The van der Waals surface area contributed by atoms with Crippen LogP contribution in [0.1, 0.15) is 22.5 Å². The third-order valence-electron chi connectivity index (χ3n) is 5.27. The summed E-state index contributed by atoms with van der Waals surface area (Å²) in [4.78, 5) is 23.0. The normalized spacial score (nSPS) is 23.1. The maximum Gasteiger partial charge on any atom is 0.522 e. The third-order valence-corrected chi connectivity index (χ3v) is 5.54. The van der Waals surface area contributed by atoms with Crippen LogP contribution in [0.3, 0.4) is 0 Å². The molecule has 2 fully saturated rings. The fourth-order valence-corrected chi connectivity index (χ4v) is 3.99. The largest absolute Gasteiger partial charge is 0.522 e. The quantitative estimate of drug-likeness (QED) is 0.596. The molecule has 0 radical (unpaired) electrons. The zero-order chi connectivity index (χ0) is 22.8. The number of ether oxygens (including phenoxy) is 4. The van der Waals surface area contributed by atoms with E-state index in [0.717, 1.165) is 5.69 Å². The van der Waals surface area contributed by atoms with Gasteiger partial charge < -0.3 is 19.1 Å². The third kappa shape index (κ3) is 4.80. The zero-order valence-corrected chi connectivity index (χ0v) is 17.4. The van der Waals surface area contributed by atoms with Gasteiger partial charge in [0.15, 0.2) is 0 Å². The van der Waals surface area contributed by atoms with Crippen molar-refractivity contribution < 1.29 is 36.9 Å². The van der Waals surface area contributed by atoms with Gasteiger partial charge in [-0.05, 0) is 18.2 Å². The molecule has 2 atom stereocenters. The van der Waals surface area contributed by atoms with Gasteiger partial charge in [0.25, 0.3) is 5.91 Å². The van der Waals surface area contributed by atoms with Crippen molar-refractivity contribution in [1.82, 2.24) is 14.9 Å². The number of piperidine rings is 1. The molecule has 12 heteroatoms. The first-order chi connectivity index (χ1) is 15.3. The van der Waals surface area contributed by atoms with Crippen LogP contribution in [-0.2, 0) is 19.8 Å². The second kappa shape index (κ2) is 9.18. The number of carbonyl (C=O) groups is 1. The Morgan fingerprint density at radius 3 is 2.88 bits per heavy atom. The predicted molar refractivity (Wildman–Crippen MR) is 104 cm³/mol. The van der Waals surface area contributed by atoms with Gasteiger partial charge in [-0.3, -0.25) is 14.5 Å². The minimum absolute atomic E-state index is 0.00292. The van der Waals surface area contributed by atoms with E-state index in [9.17, 15) is 18.0 Å². The highest BCUT2D eigenvalue weighted by Gasteiger charge is 2.52. The van der Waals surface area contributed by atoms with Crippen LogP contribution >= 0.6 is 11.6 Å². The molecule has 0 aliphatic carbocycles. The van der Waals surface area contributed by atoms with Gasteiger partial charge in [0.2, 0.25) is 5.88 Å². The first-order valence-corrected chi connectivity index (χ1v) is 10.1. The Kier molecular flexibility index (Phi) is 6.52. The van der Waals surface area contributed by atoms with E-state index in [0.29, 0.717) is 19.5 Å². The van der Waals surface area contributed by atoms with Crippen molar-refractivity contribution in [3.8, 4) is 5.88 Å². The van der Waals surface area contributed by atoms with Crippen molar-refractivity contribution in [2.75, 3.05) is 33.1 Å². The predicted octanol–water partition coefficient (Wildman–Crippen LogP) is 3.16. The van der Waals surface area contributed by atoms with E-state index in [4.69, 9.17) is 25.8 Å². The van der Waals surface area contributed by atoms with E-state index < -0.39 is 25.2 Å². The minimum atomic E-state index is -4.74.